The Morgan fingerprint density at radius 2 is 1.32 bits per heavy atom. The molecule has 3 rings (SSSR count). The smallest absolute Gasteiger partial charge is 0.548 e. The summed E-state index contributed by atoms with van der Waals surface area (Å²) in [5.41, 5.74) is 2.58. The number of carboxylic acid groups (broad SMARTS) is 1. The number of carbonyl (C=O) groups is 2. The molecule has 0 fully saturated rings. The van der Waals surface area contributed by atoms with Crippen LogP contribution in [0.4, 0.5) is 4.79 Å². The maximum absolute atomic E-state index is 12.0. The van der Waals surface area contributed by atoms with Crippen molar-refractivity contribution in [2.24, 2.45) is 0 Å². The molecule has 7 heteroatoms. The molecule has 3 aromatic rings. The number of benzene rings is 3. The van der Waals surface area contributed by atoms with E-state index in [-0.39, 0.29) is 42.6 Å². The Balaban J connectivity index is 0.00000341. The molecular weight excluding hydrogens is 405 g/mol. The molecular formula is C24H22NNaO5. The van der Waals surface area contributed by atoms with Crippen molar-refractivity contribution in [2.45, 2.75) is 25.7 Å². The monoisotopic (exact) mass is 427 g/mol. The van der Waals surface area contributed by atoms with E-state index in [9.17, 15) is 14.7 Å². The molecule has 1 amide bonds. The van der Waals surface area contributed by atoms with E-state index in [4.69, 9.17) is 9.47 Å². The Labute approximate surface area is 203 Å². The standard InChI is InChI=1S/C24H23NO5.Na/c26-23(27)22(25-24(28)30-17-20-9-5-2-6-10-20)15-18-11-13-21(14-12-18)29-16-19-7-3-1-4-8-19;/h1-14,22H,15-17H2,(H,25,28)(H,26,27);/q;+1/p-1/t22-;/m0./s1. The van der Waals surface area contributed by atoms with Crippen LogP contribution in [0.15, 0.2) is 84.9 Å². The van der Waals surface area contributed by atoms with Gasteiger partial charge in [-0.3, -0.25) is 0 Å². The number of aliphatic carboxylic acids is 1. The number of ether oxygens (including phenoxy) is 2. The van der Waals surface area contributed by atoms with E-state index in [2.05, 4.69) is 5.32 Å². The molecule has 3 aromatic carbocycles. The first-order valence-corrected chi connectivity index (χ1v) is 9.54. The number of nitrogens with one attached hydrogen (secondary N) is 1. The van der Waals surface area contributed by atoms with Gasteiger partial charge >= 0.3 is 35.7 Å². The summed E-state index contributed by atoms with van der Waals surface area (Å²) >= 11 is 0. The van der Waals surface area contributed by atoms with Crippen molar-refractivity contribution in [3.8, 4) is 5.75 Å². The Kier molecular flexibility index (Phi) is 10.1. The summed E-state index contributed by atoms with van der Waals surface area (Å²) in [6, 6.07) is 24.7. The topological polar surface area (TPSA) is 87.7 Å². The SMILES string of the molecule is O=C(N[C@@H](Cc1ccc(OCc2ccccc2)cc1)C(=O)[O-])OCc1ccccc1.[Na+]. The molecule has 1 N–H and O–H groups in total. The summed E-state index contributed by atoms with van der Waals surface area (Å²) in [6.45, 7) is 0.497. The Hall–Kier alpha value is -2.80. The predicted octanol–water partition coefficient (Wildman–Crippen LogP) is -0.143. The van der Waals surface area contributed by atoms with Crippen LogP contribution in [0.3, 0.4) is 0 Å². The first-order chi connectivity index (χ1) is 14.6. The molecule has 0 spiro atoms. The van der Waals surface area contributed by atoms with Crippen molar-refractivity contribution in [2.75, 3.05) is 0 Å². The zero-order chi connectivity index (χ0) is 21.2. The summed E-state index contributed by atoms with van der Waals surface area (Å²) in [4.78, 5) is 23.4. The van der Waals surface area contributed by atoms with Crippen LogP contribution in [-0.4, -0.2) is 18.1 Å². The molecule has 0 aliphatic carbocycles. The van der Waals surface area contributed by atoms with Gasteiger partial charge in [0.05, 0.1) is 12.0 Å². The maximum atomic E-state index is 12.0. The average molecular weight is 427 g/mol. The second kappa shape index (κ2) is 12.8. The van der Waals surface area contributed by atoms with Gasteiger partial charge in [-0.05, 0) is 35.2 Å². The molecule has 0 bridgehead atoms. The second-order valence-corrected chi connectivity index (χ2v) is 6.70. The largest absolute Gasteiger partial charge is 1.00 e. The van der Waals surface area contributed by atoms with Crippen molar-refractivity contribution < 1.29 is 53.7 Å². The number of rotatable bonds is 9. The molecule has 31 heavy (non-hydrogen) atoms. The third-order valence-electron chi connectivity index (χ3n) is 4.40. The third-order valence-corrected chi connectivity index (χ3v) is 4.40. The summed E-state index contributed by atoms with van der Waals surface area (Å²) in [6.07, 6.45) is -0.738. The fourth-order valence-corrected chi connectivity index (χ4v) is 2.80. The third kappa shape index (κ3) is 8.45. The molecule has 0 aromatic heterocycles. The van der Waals surface area contributed by atoms with Crippen LogP contribution in [0.25, 0.3) is 0 Å². The summed E-state index contributed by atoms with van der Waals surface area (Å²) in [5, 5.41) is 13.8. The van der Waals surface area contributed by atoms with Crippen LogP contribution in [-0.2, 0) is 29.2 Å². The molecule has 6 nitrogen and oxygen atoms in total. The number of carboxylic acids is 1. The zero-order valence-electron chi connectivity index (χ0n) is 17.3. The van der Waals surface area contributed by atoms with E-state index in [1.54, 1.807) is 24.3 Å². The zero-order valence-corrected chi connectivity index (χ0v) is 19.3. The van der Waals surface area contributed by atoms with Gasteiger partial charge in [0, 0.05) is 0 Å². The minimum atomic E-state index is -1.38. The van der Waals surface area contributed by atoms with Crippen LogP contribution < -0.4 is 44.7 Å². The van der Waals surface area contributed by atoms with Crippen molar-refractivity contribution in [3.05, 3.63) is 102 Å². The number of hydrogen-bond donors (Lipinski definition) is 1. The van der Waals surface area contributed by atoms with Gasteiger partial charge in [0.25, 0.3) is 0 Å². The van der Waals surface area contributed by atoms with Gasteiger partial charge in [0.1, 0.15) is 19.0 Å². The minimum Gasteiger partial charge on any atom is -0.548 e. The van der Waals surface area contributed by atoms with Crippen LogP contribution >= 0.6 is 0 Å². The molecule has 0 saturated heterocycles. The van der Waals surface area contributed by atoms with E-state index in [1.165, 1.54) is 0 Å². The molecule has 0 heterocycles. The predicted molar refractivity (Wildman–Crippen MR) is 109 cm³/mol. The molecule has 0 saturated carbocycles. The van der Waals surface area contributed by atoms with Gasteiger partial charge in [-0.2, -0.15) is 0 Å². The van der Waals surface area contributed by atoms with E-state index < -0.39 is 18.1 Å². The quantitative estimate of drug-likeness (QED) is 0.481. The summed E-state index contributed by atoms with van der Waals surface area (Å²) in [7, 11) is 0. The van der Waals surface area contributed by atoms with Gasteiger partial charge in [0.15, 0.2) is 0 Å². The van der Waals surface area contributed by atoms with Crippen molar-refractivity contribution in [3.63, 3.8) is 0 Å². The summed E-state index contributed by atoms with van der Waals surface area (Å²) < 4.78 is 10.8. The first-order valence-electron chi connectivity index (χ1n) is 9.54. The first kappa shape index (κ1) is 24.5. The Morgan fingerprint density at radius 1 is 0.774 bits per heavy atom. The second-order valence-electron chi connectivity index (χ2n) is 6.70. The van der Waals surface area contributed by atoms with Crippen molar-refractivity contribution in [1.82, 2.24) is 5.32 Å². The van der Waals surface area contributed by atoms with E-state index in [0.717, 1.165) is 16.7 Å². The van der Waals surface area contributed by atoms with Crippen molar-refractivity contribution >= 4 is 12.1 Å². The molecule has 0 unspecified atom stereocenters. The van der Waals surface area contributed by atoms with E-state index >= 15 is 0 Å². The van der Waals surface area contributed by atoms with Crippen LogP contribution in [0.5, 0.6) is 5.75 Å². The average Bonchev–Trinajstić information content (AvgIpc) is 2.78. The molecule has 0 aliphatic heterocycles. The van der Waals surface area contributed by atoms with Crippen molar-refractivity contribution in [1.29, 1.82) is 0 Å². The maximum Gasteiger partial charge on any atom is 1.00 e. The Bertz CT molecular complexity index is 949. The van der Waals surface area contributed by atoms with Gasteiger partial charge in [-0.25, -0.2) is 4.79 Å². The Morgan fingerprint density at radius 3 is 1.87 bits per heavy atom. The molecule has 1 atom stereocenters. The molecule has 154 valence electrons. The van der Waals surface area contributed by atoms with Crippen LogP contribution in [0.1, 0.15) is 16.7 Å². The molecule has 0 radical (unpaired) electrons. The van der Waals surface area contributed by atoms with E-state index in [0.29, 0.717) is 12.4 Å². The normalized spacial score (nSPS) is 11.0. The number of alkyl carbamates (subject to hydrolysis) is 1. The van der Waals surface area contributed by atoms with Gasteiger partial charge < -0.3 is 24.7 Å². The van der Waals surface area contributed by atoms with E-state index in [1.807, 2.05) is 60.7 Å². The number of carbonyl (C=O) groups excluding carboxylic acids is 2. The van der Waals surface area contributed by atoms with Gasteiger partial charge in [-0.1, -0.05) is 72.8 Å². The molecule has 0 aliphatic rings. The van der Waals surface area contributed by atoms with Gasteiger partial charge in [0.2, 0.25) is 0 Å². The van der Waals surface area contributed by atoms with Crippen LogP contribution in [0.2, 0.25) is 0 Å². The fourth-order valence-electron chi connectivity index (χ4n) is 2.80. The number of amides is 1. The minimum absolute atomic E-state index is 0. The van der Waals surface area contributed by atoms with Gasteiger partial charge in [-0.15, -0.1) is 0 Å². The number of hydrogen-bond acceptors (Lipinski definition) is 5. The fraction of sp³-hybridized carbons (Fsp3) is 0.167. The summed E-state index contributed by atoms with van der Waals surface area (Å²) in [5.74, 6) is -0.709. The van der Waals surface area contributed by atoms with Crippen LogP contribution in [0, 0.1) is 0 Å².